The summed E-state index contributed by atoms with van der Waals surface area (Å²) in [5.74, 6) is -0.356. The largest absolute Gasteiger partial charge is 0.452 e. The zero-order valence-corrected chi connectivity index (χ0v) is 18.2. The molecule has 0 saturated carbocycles. The van der Waals surface area contributed by atoms with Crippen molar-refractivity contribution in [2.75, 3.05) is 0 Å². The van der Waals surface area contributed by atoms with Gasteiger partial charge in [-0.1, -0.05) is 70.0 Å². The number of amides is 1. The topological polar surface area (TPSA) is 90.7 Å². The van der Waals surface area contributed by atoms with E-state index in [4.69, 9.17) is 14.8 Å². The first kappa shape index (κ1) is 23.0. The lowest BCUT2D eigenvalue weighted by Crippen LogP contribution is -2.48. The van der Waals surface area contributed by atoms with Crippen molar-refractivity contribution in [1.82, 2.24) is 5.32 Å². The van der Waals surface area contributed by atoms with Gasteiger partial charge in [-0.2, -0.15) is 0 Å². The Hall–Kier alpha value is -2.30. The predicted molar refractivity (Wildman–Crippen MR) is 116 cm³/mol. The van der Waals surface area contributed by atoms with Crippen LogP contribution in [0.25, 0.3) is 0 Å². The quantitative estimate of drug-likeness (QED) is 0.504. The number of hydrogen-bond acceptors (Lipinski definition) is 5. The molecule has 29 heavy (non-hydrogen) atoms. The van der Waals surface area contributed by atoms with Crippen molar-refractivity contribution in [2.45, 2.75) is 51.9 Å². The molecule has 0 saturated heterocycles. The summed E-state index contributed by atoms with van der Waals surface area (Å²) in [7, 11) is -3.81. The van der Waals surface area contributed by atoms with Gasteiger partial charge < -0.3 is 20.1 Å². The lowest BCUT2D eigenvalue weighted by Gasteiger charge is -2.29. The van der Waals surface area contributed by atoms with Crippen LogP contribution in [0, 0.1) is 5.92 Å². The van der Waals surface area contributed by atoms with Crippen LogP contribution < -0.4 is 20.1 Å². The molecule has 0 spiro atoms. The van der Waals surface area contributed by atoms with Gasteiger partial charge in [0.15, 0.2) is 5.78 Å². The fraction of sp³-hybridized carbons (Fsp3) is 0.409. The third-order valence-corrected chi connectivity index (χ3v) is 6.85. The molecule has 2 rings (SSSR count). The standard InChI is InChI=1S/C22H31N2O4P/c1-4-12-20(24-22(25)21(23)17(3)5-2)29(26,27-18-13-8-6-9-14-18)28-19-15-10-7-11-16-19/h6-11,13-17,20-21H,4-5,12,23H2,1-3H3,(H,24,25)/t17-,20?,21-/m0/s1. The van der Waals surface area contributed by atoms with Gasteiger partial charge in [-0.05, 0) is 36.6 Å². The molecule has 1 amide bonds. The van der Waals surface area contributed by atoms with E-state index in [2.05, 4.69) is 5.32 Å². The monoisotopic (exact) mass is 418 g/mol. The molecule has 3 N–H and O–H groups in total. The lowest BCUT2D eigenvalue weighted by atomic mass is 9.99. The van der Waals surface area contributed by atoms with E-state index in [1.165, 1.54) is 0 Å². The summed E-state index contributed by atoms with van der Waals surface area (Å²) in [6.45, 7) is 5.84. The van der Waals surface area contributed by atoms with Crippen LogP contribution in [0.4, 0.5) is 0 Å². The number of carbonyl (C=O) groups is 1. The Kier molecular flexibility index (Phi) is 8.74. The lowest BCUT2D eigenvalue weighted by molar-refractivity contribution is -0.123. The maximum absolute atomic E-state index is 13.9. The second kappa shape index (κ2) is 11.0. The first-order valence-electron chi connectivity index (χ1n) is 10.0. The fourth-order valence-corrected chi connectivity index (χ4v) is 4.74. The van der Waals surface area contributed by atoms with Gasteiger partial charge >= 0.3 is 7.60 Å². The number of nitrogens with one attached hydrogen (secondary N) is 1. The molecular weight excluding hydrogens is 387 g/mol. The number of rotatable bonds is 11. The molecule has 158 valence electrons. The molecule has 0 fully saturated rings. The minimum Gasteiger partial charge on any atom is -0.415 e. The Morgan fingerprint density at radius 1 is 1.00 bits per heavy atom. The highest BCUT2D eigenvalue weighted by Crippen LogP contribution is 2.53. The summed E-state index contributed by atoms with van der Waals surface area (Å²) in [5.41, 5.74) is 6.08. The number of para-hydroxylation sites is 2. The fourth-order valence-electron chi connectivity index (χ4n) is 2.76. The van der Waals surface area contributed by atoms with E-state index in [0.717, 1.165) is 6.42 Å². The van der Waals surface area contributed by atoms with E-state index in [1.807, 2.05) is 32.9 Å². The molecule has 0 aliphatic carbocycles. The Balaban J connectivity index is 2.33. The Morgan fingerprint density at radius 3 is 1.90 bits per heavy atom. The van der Waals surface area contributed by atoms with E-state index in [9.17, 15) is 9.36 Å². The molecule has 1 unspecified atom stereocenters. The Morgan fingerprint density at radius 2 is 1.48 bits per heavy atom. The summed E-state index contributed by atoms with van der Waals surface area (Å²) in [6.07, 6.45) is 1.88. The molecule has 0 heterocycles. The first-order valence-corrected chi connectivity index (χ1v) is 11.7. The molecule has 7 heteroatoms. The van der Waals surface area contributed by atoms with E-state index in [-0.39, 0.29) is 11.8 Å². The minimum atomic E-state index is -3.81. The molecule has 0 aliphatic heterocycles. The van der Waals surface area contributed by atoms with Gasteiger partial charge in [0, 0.05) is 0 Å². The van der Waals surface area contributed by atoms with Crippen LogP contribution in [-0.4, -0.2) is 17.7 Å². The number of nitrogens with two attached hydrogens (primary N) is 1. The highest BCUT2D eigenvalue weighted by molar-refractivity contribution is 7.55. The average Bonchev–Trinajstić information content (AvgIpc) is 2.73. The van der Waals surface area contributed by atoms with Crippen molar-refractivity contribution < 1.29 is 18.4 Å². The average molecular weight is 418 g/mol. The molecular formula is C22H31N2O4P. The second-order valence-electron chi connectivity index (χ2n) is 7.07. The predicted octanol–water partition coefficient (Wildman–Crippen LogP) is 4.95. The van der Waals surface area contributed by atoms with E-state index < -0.39 is 19.4 Å². The number of benzene rings is 2. The third-order valence-electron chi connectivity index (χ3n) is 4.76. The SMILES string of the molecule is CCCC(NC(=O)[C@@H](N)[C@@H](C)CC)P(=O)(Oc1ccccc1)Oc1ccccc1. The second-order valence-corrected chi connectivity index (χ2v) is 9.14. The summed E-state index contributed by atoms with van der Waals surface area (Å²) < 4.78 is 25.7. The highest BCUT2D eigenvalue weighted by Gasteiger charge is 2.41. The van der Waals surface area contributed by atoms with Crippen molar-refractivity contribution in [2.24, 2.45) is 11.7 Å². The Bertz CT molecular complexity index is 755. The number of hydrogen-bond donors (Lipinski definition) is 2. The van der Waals surface area contributed by atoms with Crippen LogP contribution in [0.15, 0.2) is 60.7 Å². The molecule has 2 aromatic carbocycles. The van der Waals surface area contributed by atoms with Gasteiger partial charge in [-0.25, -0.2) is 4.57 Å². The molecule has 3 atom stereocenters. The summed E-state index contributed by atoms with van der Waals surface area (Å²) >= 11 is 0. The van der Waals surface area contributed by atoms with Crippen LogP contribution in [0.5, 0.6) is 11.5 Å². The van der Waals surface area contributed by atoms with Crippen LogP contribution in [-0.2, 0) is 9.36 Å². The van der Waals surface area contributed by atoms with Crippen molar-refractivity contribution >= 4 is 13.5 Å². The minimum absolute atomic E-state index is 0.00162. The maximum Gasteiger partial charge on any atom is 0.452 e. The van der Waals surface area contributed by atoms with Gasteiger partial charge in [0.1, 0.15) is 11.5 Å². The van der Waals surface area contributed by atoms with Gasteiger partial charge in [0.25, 0.3) is 0 Å². The zero-order chi connectivity index (χ0) is 21.3. The molecule has 2 aromatic rings. The normalized spacial score (nSPS) is 14.5. The van der Waals surface area contributed by atoms with Crippen molar-refractivity contribution in [3.05, 3.63) is 60.7 Å². The van der Waals surface area contributed by atoms with Crippen molar-refractivity contribution in [1.29, 1.82) is 0 Å². The zero-order valence-electron chi connectivity index (χ0n) is 17.3. The smallest absolute Gasteiger partial charge is 0.415 e. The van der Waals surface area contributed by atoms with Gasteiger partial charge in [0.05, 0.1) is 6.04 Å². The van der Waals surface area contributed by atoms with E-state index in [1.54, 1.807) is 48.5 Å². The van der Waals surface area contributed by atoms with Crippen LogP contribution in [0.2, 0.25) is 0 Å². The van der Waals surface area contributed by atoms with Gasteiger partial charge in [0.2, 0.25) is 5.91 Å². The molecule has 6 nitrogen and oxygen atoms in total. The maximum atomic E-state index is 13.9. The molecule has 0 radical (unpaired) electrons. The summed E-state index contributed by atoms with van der Waals surface area (Å²) in [6, 6.07) is 17.0. The van der Waals surface area contributed by atoms with E-state index >= 15 is 0 Å². The molecule has 0 aromatic heterocycles. The number of carbonyl (C=O) groups excluding carboxylic acids is 1. The summed E-state index contributed by atoms with van der Waals surface area (Å²) in [5, 5.41) is 2.84. The highest BCUT2D eigenvalue weighted by atomic mass is 31.2. The first-order chi connectivity index (χ1) is 13.9. The van der Waals surface area contributed by atoms with Gasteiger partial charge in [-0.3, -0.25) is 4.79 Å². The Labute approximate surface area is 173 Å². The van der Waals surface area contributed by atoms with Crippen molar-refractivity contribution in [3.8, 4) is 11.5 Å². The van der Waals surface area contributed by atoms with Crippen LogP contribution >= 0.6 is 7.60 Å². The third kappa shape index (κ3) is 6.62. The van der Waals surface area contributed by atoms with Crippen molar-refractivity contribution in [3.63, 3.8) is 0 Å². The van der Waals surface area contributed by atoms with Crippen LogP contribution in [0.1, 0.15) is 40.0 Å². The van der Waals surface area contributed by atoms with E-state index in [0.29, 0.717) is 24.3 Å². The van der Waals surface area contributed by atoms with Gasteiger partial charge in [-0.15, -0.1) is 0 Å². The molecule has 0 bridgehead atoms. The molecule has 0 aliphatic rings. The van der Waals surface area contributed by atoms with Crippen LogP contribution in [0.3, 0.4) is 0 Å². The summed E-state index contributed by atoms with van der Waals surface area (Å²) in [4.78, 5) is 12.7.